The largest absolute Gasteiger partial charge is 0.508 e. The van der Waals surface area contributed by atoms with Crippen molar-refractivity contribution in [1.29, 1.82) is 0 Å². The van der Waals surface area contributed by atoms with Gasteiger partial charge in [-0.15, -0.1) is 11.8 Å². The summed E-state index contributed by atoms with van der Waals surface area (Å²) in [5.41, 5.74) is 3.11. The van der Waals surface area contributed by atoms with Crippen molar-refractivity contribution in [3.8, 4) is 17.1 Å². The fraction of sp³-hybridized carbons (Fsp3) is 0.318. The average Bonchev–Trinajstić information content (AvgIpc) is 3.33. The molecule has 2 aliphatic rings. The van der Waals surface area contributed by atoms with Gasteiger partial charge in [-0.05, 0) is 29.7 Å². The topological polar surface area (TPSA) is 85.6 Å². The standard InChI is InChI=1S/C22H23N5O2S/c28-13-19-18-7-2-1-4-15(18)8-9-27(19)22-24-20(16-5-3-6-17(29)12-16)23-21(25-22)26-10-11-30-14-26/h1-7,12,19,28-29H,8-11,13-14H2/t19-/m0/s1. The number of anilines is 2. The zero-order chi connectivity index (χ0) is 20.5. The Labute approximate surface area is 179 Å². The third-order valence-corrected chi connectivity index (χ3v) is 6.56. The highest BCUT2D eigenvalue weighted by Crippen LogP contribution is 2.34. The van der Waals surface area contributed by atoms with Crippen molar-refractivity contribution in [3.05, 3.63) is 59.7 Å². The molecule has 1 aromatic heterocycles. The molecule has 2 N–H and O–H groups in total. The highest BCUT2D eigenvalue weighted by atomic mass is 32.2. The van der Waals surface area contributed by atoms with E-state index in [9.17, 15) is 10.2 Å². The Kier molecular flexibility index (Phi) is 5.18. The maximum atomic E-state index is 10.2. The minimum Gasteiger partial charge on any atom is -0.508 e. The van der Waals surface area contributed by atoms with Gasteiger partial charge in [0, 0.05) is 24.4 Å². The first-order valence-electron chi connectivity index (χ1n) is 10.1. The number of nitrogens with zero attached hydrogens (tertiary/aromatic N) is 5. The molecule has 0 spiro atoms. The molecule has 1 fully saturated rings. The van der Waals surface area contributed by atoms with Gasteiger partial charge >= 0.3 is 0 Å². The Balaban J connectivity index is 1.60. The molecule has 0 bridgehead atoms. The number of thioether (sulfide) groups is 1. The van der Waals surface area contributed by atoms with Gasteiger partial charge in [0.25, 0.3) is 0 Å². The van der Waals surface area contributed by atoms with Gasteiger partial charge in [-0.2, -0.15) is 15.0 Å². The zero-order valence-corrected chi connectivity index (χ0v) is 17.3. The first kappa shape index (κ1) is 19.1. The van der Waals surface area contributed by atoms with E-state index in [2.05, 4.69) is 21.9 Å². The Morgan fingerprint density at radius 1 is 1.00 bits per heavy atom. The van der Waals surface area contributed by atoms with Gasteiger partial charge in [0.05, 0.1) is 18.5 Å². The lowest BCUT2D eigenvalue weighted by Gasteiger charge is -2.36. The summed E-state index contributed by atoms with van der Waals surface area (Å²) in [4.78, 5) is 18.5. The van der Waals surface area contributed by atoms with Gasteiger partial charge in [0.15, 0.2) is 5.82 Å². The van der Waals surface area contributed by atoms with Crippen molar-refractivity contribution in [3.63, 3.8) is 0 Å². The molecule has 2 aliphatic heterocycles. The maximum Gasteiger partial charge on any atom is 0.231 e. The second-order valence-electron chi connectivity index (χ2n) is 7.45. The van der Waals surface area contributed by atoms with Crippen molar-refractivity contribution in [2.45, 2.75) is 12.5 Å². The number of phenols is 1. The van der Waals surface area contributed by atoms with Crippen LogP contribution in [0.4, 0.5) is 11.9 Å². The van der Waals surface area contributed by atoms with Gasteiger partial charge in [-0.1, -0.05) is 36.4 Å². The summed E-state index contributed by atoms with van der Waals surface area (Å²) in [6, 6.07) is 15.0. The first-order chi connectivity index (χ1) is 14.7. The molecule has 0 radical (unpaired) electrons. The minimum absolute atomic E-state index is 0.0148. The third-order valence-electron chi connectivity index (χ3n) is 5.59. The second kappa shape index (κ2) is 8.12. The van der Waals surface area contributed by atoms with Crippen LogP contribution in [0.1, 0.15) is 17.2 Å². The Hall–Kier alpha value is -2.84. The Morgan fingerprint density at radius 3 is 2.67 bits per heavy atom. The van der Waals surface area contributed by atoms with Crippen LogP contribution in [0.2, 0.25) is 0 Å². The van der Waals surface area contributed by atoms with Crippen LogP contribution in [0, 0.1) is 0 Å². The molecular formula is C22H23N5O2S. The fourth-order valence-corrected chi connectivity index (χ4v) is 5.00. The number of phenolic OH excluding ortho intramolecular Hbond substituents is 1. The smallest absolute Gasteiger partial charge is 0.231 e. The van der Waals surface area contributed by atoms with Crippen molar-refractivity contribution < 1.29 is 10.2 Å². The van der Waals surface area contributed by atoms with Gasteiger partial charge < -0.3 is 20.0 Å². The van der Waals surface area contributed by atoms with Crippen LogP contribution >= 0.6 is 11.8 Å². The average molecular weight is 422 g/mol. The molecule has 0 unspecified atom stereocenters. The second-order valence-corrected chi connectivity index (χ2v) is 8.53. The SMILES string of the molecule is OC[C@H]1c2ccccc2CCN1c1nc(-c2cccc(O)c2)nc(N2CCSC2)n1. The van der Waals surface area contributed by atoms with E-state index in [-0.39, 0.29) is 18.4 Å². The number of hydrogen-bond donors (Lipinski definition) is 2. The van der Waals surface area contributed by atoms with Crippen LogP contribution in [0.25, 0.3) is 11.4 Å². The summed E-state index contributed by atoms with van der Waals surface area (Å²) in [5, 5.41) is 20.1. The molecule has 3 heterocycles. The summed E-state index contributed by atoms with van der Waals surface area (Å²) in [5.74, 6) is 3.78. The molecule has 0 aliphatic carbocycles. The van der Waals surface area contributed by atoms with Crippen molar-refractivity contribution in [1.82, 2.24) is 15.0 Å². The predicted octanol–water partition coefficient (Wildman–Crippen LogP) is 2.85. The third kappa shape index (κ3) is 3.57. The van der Waals surface area contributed by atoms with E-state index in [1.807, 2.05) is 30.0 Å². The van der Waals surface area contributed by atoms with E-state index in [0.717, 1.165) is 42.3 Å². The van der Waals surface area contributed by atoms with Gasteiger partial charge in [-0.3, -0.25) is 0 Å². The molecule has 0 amide bonds. The molecule has 2 aromatic carbocycles. The molecule has 154 valence electrons. The van der Waals surface area contributed by atoms with E-state index in [4.69, 9.17) is 15.0 Å². The number of aromatic hydroxyl groups is 1. The van der Waals surface area contributed by atoms with Crippen LogP contribution in [0.3, 0.4) is 0 Å². The first-order valence-corrected chi connectivity index (χ1v) is 11.2. The quantitative estimate of drug-likeness (QED) is 0.665. The predicted molar refractivity (Wildman–Crippen MR) is 119 cm³/mol. The lowest BCUT2D eigenvalue weighted by Crippen LogP contribution is -2.39. The summed E-state index contributed by atoms with van der Waals surface area (Å²) in [7, 11) is 0. The molecule has 0 saturated carbocycles. The van der Waals surface area contributed by atoms with Gasteiger partial charge in [-0.25, -0.2) is 0 Å². The van der Waals surface area contributed by atoms with Crippen molar-refractivity contribution in [2.24, 2.45) is 0 Å². The molecular weight excluding hydrogens is 398 g/mol. The van der Waals surface area contributed by atoms with Crippen LogP contribution in [0.5, 0.6) is 5.75 Å². The van der Waals surface area contributed by atoms with E-state index < -0.39 is 0 Å². The molecule has 5 rings (SSSR count). The molecule has 3 aromatic rings. The Morgan fingerprint density at radius 2 is 1.87 bits per heavy atom. The summed E-state index contributed by atoms with van der Waals surface area (Å²) >= 11 is 1.85. The maximum absolute atomic E-state index is 10.2. The molecule has 7 nitrogen and oxygen atoms in total. The summed E-state index contributed by atoms with van der Waals surface area (Å²) < 4.78 is 0. The number of aromatic nitrogens is 3. The van der Waals surface area contributed by atoms with Gasteiger partial charge in [0.2, 0.25) is 11.9 Å². The van der Waals surface area contributed by atoms with Crippen LogP contribution < -0.4 is 9.80 Å². The number of fused-ring (bicyclic) bond motifs is 1. The Bertz CT molecular complexity index is 1060. The van der Waals surface area contributed by atoms with E-state index in [0.29, 0.717) is 17.7 Å². The summed E-state index contributed by atoms with van der Waals surface area (Å²) in [6.07, 6.45) is 0.870. The number of hydrogen-bond acceptors (Lipinski definition) is 8. The minimum atomic E-state index is -0.199. The molecule has 30 heavy (non-hydrogen) atoms. The zero-order valence-electron chi connectivity index (χ0n) is 16.5. The normalized spacial score (nSPS) is 18.5. The summed E-state index contributed by atoms with van der Waals surface area (Å²) in [6.45, 7) is 1.60. The molecule has 1 atom stereocenters. The van der Waals surface area contributed by atoms with Gasteiger partial charge in [0.1, 0.15) is 5.75 Å². The highest BCUT2D eigenvalue weighted by molar-refractivity contribution is 7.99. The number of rotatable bonds is 4. The van der Waals surface area contributed by atoms with Crippen molar-refractivity contribution in [2.75, 3.05) is 41.1 Å². The number of benzene rings is 2. The lowest BCUT2D eigenvalue weighted by molar-refractivity contribution is 0.256. The van der Waals surface area contributed by atoms with Crippen LogP contribution in [0.15, 0.2) is 48.5 Å². The fourth-order valence-electron chi connectivity index (χ4n) is 4.06. The lowest BCUT2D eigenvalue weighted by atomic mass is 9.93. The highest BCUT2D eigenvalue weighted by Gasteiger charge is 2.30. The van der Waals surface area contributed by atoms with Crippen LogP contribution in [-0.2, 0) is 6.42 Å². The molecule has 8 heteroatoms. The van der Waals surface area contributed by atoms with E-state index in [1.165, 1.54) is 5.56 Å². The number of aliphatic hydroxyl groups excluding tert-OH is 1. The molecule has 1 saturated heterocycles. The van der Waals surface area contributed by atoms with E-state index >= 15 is 0 Å². The van der Waals surface area contributed by atoms with Crippen LogP contribution in [-0.4, -0.2) is 56.5 Å². The monoisotopic (exact) mass is 421 g/mol. The van der Waals surface area contributed by atoms with E-state index in [1.54, 1.807) is 18.2 Å². The number of aliphatic hydroxyl groups is 1. The van der Waals surface area contributed by atoms with Crippen molar-refractivity contribution >= 4 is 23.7 Å².